The maximum Gasteiger partial charge on any atom is 0.246 e. The Labute approximate surface area is 185 Å². The number of rotatable bonds is 15. The second-order valence-electron chi connectivity index (χ2n) is 7.33. The fourth-order valence-electron chi connectivity index (χ4n) is 2.76. The van der Waals surface area contributed by atoms with Crippen LogP contribution < -0.4 is 5.32 Å². The Kier molecular flexibility index (Phi) is 11.4. The van der Waals surface area contributed by atoms with Crippen LogP contribution >= 0.6 is 10.6 Å². The first-order valence-corrected chi connectivity index (χ1v) is 12.3. The van der Waals surface area contributed by atoms with Gasteiger partial charge in [0.2, 0.25) is 5.91 Å². The molecule has 1 aliphatic heterocycles. The molecule has 0 saturated carbocycles. The average molecular weight is 462 g/mol. The normalized spacial score (nSPS) is 17.4. The van der Waals surface area contributed by atoms with E-state index in [9.17, 15) is 13.9 Å². The Morgan fingerprint density at radius 2 is 1.74 bits per heavy atom. The van der Waals surface area contributed by atoms with Gasteiger partial charge in [0.1, 0.15) is 0 Å². The van der Waals surface area contributed by atoms with Gasteiger partial charge in [0.15, 0.2) is 0 Å². The SMILES string of the molecule is C=C(C)C(=O)NCCOCCOCCOCCn1cc(CN2CCS(O)(O)CC2)nn1. The molecule has 2 heterocycles. The van der Waals surface area contributed by atoms with Gasteiger partial charge in [0, 0.05) is 37.9 Å². The molecule has 0 aliphatic carbocycles. The van der Waals surface area contributed by atoms with Gasteiger partial charge in [-0.15, -0.1) is 5.10 Å². The van der Waals surface area contributed by atoms with Crippen LogP contribution in [0.1, 0.15) is 12.6 Å². The second kappa shape index (κ2) is 13.8. The molecule has 0 atom stereocenters. The van der Waals surface area contributed by atoms with E-state index in [0.29, 0.717) is 89.4 Å². The topological polar surface area (TPSA) is 131 Å². The Morgan fingerprint density at radius 3 is 2.39 bits per heavy atom. The molecule has 178 valence electrons. The number of amides is 1. The summed E-state index contributed by atoms with van der Waals surface area (Å²) in [5.74, 6) is 0.691. The van der Waals surface area contributed by atoms with Crippen LogP contribution in [0.15, 0.2) is 18.3 Å². The third-order valence-electron chi connectivity index (χ3n) is 4.57. The predicted octanol–water partition coefficient (Wildman–Crippen LogP) is 0.586. The zero-order valence-corrected chi connectivity index (χ0v) is 19.0. The summed E-state index contributed by atoms with van der Waals surface area (Å²) < 4.78 is 37.4. The van der Waals surface area contributed by atoms with E-state index in [1.54, 1.807) is 11.6 Å². The Morgan fingerprint density at radius 1 is 1.13 bits per heavy atom. The Hall–Kier alpha value is -1.54. The van der Waals surface area contributed by atoms with Crippen molar-refractivity contribution < 1.29 is 28.1 Å². The average Bonchev–Trinajstić information content (AvgIpc) is 3.17. The molecule has 1 aliphatic rings. The van der Waals surface area contributed by atoms with Gasteiger partial charge in [-0.3, -0.25) is 18.8 Å². The van der Waals surface area contributed by atoms with Crippen LogP contribution in [0.25, 0.3) is 0 Å². The van der Waals surface area contributed by atoms with Crippen molar-refractivity contribution in [2.45, 2.75) is 20.0 Å². The summed E-state index contributed by atoms with van der Waals surface area (Å²) in [6.07, 6.45) is 1.89. The molecule has 1 saturated heterocycles. The lowest BCUT2D eigenvalue weighted by Gasteiger charge is -2.40. The van der Waals surface area contributed by atoms with E-state index in [1.807, 2.05) is 6.20 Å². The lowest BCUT2D eigenvalue weighted by molar-refractivity contribution is -0.117. The van der Waals surface area contributed by atoms with E-state index in [4.69, 9.17) is 14.2 Å². The highest BCUT2D eigenvalue weighted by atomic mass is 32.3. The number of ether oxygens (including phenoxy) is 3. The number of hydrogen-bond acceptors (Lipinski definition) is 9. The van der Waals surface area contributed by atoms with Crippen molar-refractivity contribution >= 4 is 16.5 Å². The van der Waals surface area contributed by atoms with Crippen LogP contribution in [0.4, 0.5) is 0 Å². The van der Waals surface area contributed by atoms with Crippen molar-refractivity contribution in [1.29, 1.82) is 0 Å². The van der Waals surface area contributed by atoms with Crippen molar-refractivity contribution in [3.8, 4) is 0 Å². The van der Waals surface area contributed by atoms with Crippen LogP contribution in [0.2, 0.25) is 0 Å². The van der Waals surface area contributed by atoms with E-state index in [2.05, 4.69) is 27.1 Å². The second-order valence-corrected chi connectivity index (χ2v) is 9.75. The van der Waals surface area contributed by atoms with Gasteiger partial charge in [-0.05, 0) is 6.92 Å². The van der Waals surface area contributed by atoms with Crippen molar-refractivity contribution in [3.63, 3.8) is 0 Å². The van der Waals surface area contributed by atoms with Crippen LogP contribution in [0.3, 0.4) is 0 Å². The van der Waals surface area contributed by atoms with E-state index in [-0.39, 0.29) is 5.91 Å². The number of carbonyl (C=O) groups is 1. The minimum Gasteiger partial charge on any atom is -0.377 e. The van der Waals surface area contributed by atoms with E-state index >= 15 is 0 Å². The molecule has 0 unspecified atom stereocenters. The number of nitrogens with zero attached hydrogens (tertiary/aromatic N) is 4. The zero-order valence-electron chi connectivity index (χ0n) is 18.2. The van der Waals surface area contributed by atoms with Crippen molar-refractivity contribution in [3.05, 3.63) is 24.0 Å². The Balaban J connectivity index is 1.41. The maximum absolute atomic E-state index is 11.3. The number of carbonyl (C=O) groups excluding carboxylic acids is 1. The molecule has 3 N–H and O–H groups in total. The fraction of sp³-hybridized carbons (Fsp3) is 0.737. The van der Waals surface area contributed by atoms with Gasteiger partial charge >= 0.3 is 0 Å². The van der Waals surface area contributed by atoms with Crippen LogP contribution in [-0.2, 0) is 32.1 Å². The van der Waals surface area contributed by atoms with Crippen molar-refractivity contribution in [2.75, 3.05) is 70.8 Å². The van der Waals surface area contributed by atoms with Gasteiger partial charge in [-0.1, -0.05) is 11.8 Å². The van der Waals surface area contributed by atoms with Crippen molar-refractivity contribution in [2.24, 2.45) is 0 Å². The Bertz CT molecular complexity index is 677. The third kappa shape index (κ3) is 11.1. The van der Waals surface area contributed by atoms with Gasteiger partial charge < -0.3 is 19.5 Å². The number of aromatic nitrogens is 3. The summed E-state index contributed by atoms with van der Waals surface area (Å²) in [7, 11) is -2.37. The molecule has 1 aromatic heterocycles. The molecule has 11 nitrogen and oxygen atoms in total. The molecule has 0 radical (unpaired) electrons. The number of nitrogens with one attached hydrogen (secondary N) is 1. The first kappa shape index (κ1) is 25.7. The summed E-state index contributed by atoms with van der Waals surface area (Å²) in [4.78, 5) is 13.4. The molecule has 0 spiro atoms. The highest BCUT2D eigenvalue weighted by Crippen LogP contribution is 2.40. The summed E-state index contributed by atoms with van der Waals surface area (Å²) in [6, 6.07) is 0. The minimum absolute atomic E-state index is 0.164. The largest absolute Gasteiger partial charge is 0.377 e. The van der Waals surface area contributed by atoms with E-state index in [0.717, 1.165) is 5.69 Å². The van der Waals surface area contributed by atoms with Gasteiger partial charge in [-0.25, -0.2) is 4.68 Å². The van der Waals surface area contributed by atoms with E-state index in [1.165, 1.54) is 0 Å². The molecule has 12 heteroatoms. The summed E-state index contributed by atoms with van der Waals surface area (Å²) in [5.41, 5.74) is 1.34. The highest BCUT2D eigenvalue weighted by Gasteiger charge is 2.22. The third-order valence-corrected chi connectivity index (χ3v) is 6.24. The zero-order chi connectivity index (χ0) is 22.5. The molecule has 31 heavy (non-hydrogen) atoms. The molecule has 1 aromatic rings. The summed E-state index contributed by atoms with van der Waals surface area (Å²) >= 11 is 0. The maximum atomic E-state index is 11.3. The molecule has 0 aromatic carbocycles. The summed E-state index contributed by atoms with van der Waals surface area (Å²) in [6.45, 7) is 11.1. The predicted molar refractivity (Wildman–Crippen MR) is 118 cm³/mol. The smallest absolute Gasteiger partial charge is 0.246 e. The number of hydrogen-bond donors (Lipinski definition) is 3. The first-order chi connectivity index (χ1) is 14.9. The minimum atomic E-state index is -2.37. The molecule has 0 bridgehead atoms. The first-order valence-electron chi connectivity index (χ1n) is 10.4. The quantitative estimate of drug-likeness (QED) is 0.254. The van der Waals surface area contributed by atoms with Crippen LogP contribution in [-0.4, -0.2) is 106 Å². The fourth-order valence-corrected chi connectivity index (χ4v) is 4.06. The molecular weight excluding hydrogens is 426 g/mol. The molecule has 1 amide bonds. The van der Waals surface area contributed by atoms with Gasteiger partial charge in [-0.2, -0.15) is 10.6 Å². The molecule has 2 rings (SSSR count). The van der Waals surface area contributed by atoms with Crippen LogP contribution in [0.5, 0.6) is 0 Å². The van der Waals surface area contributed by atoms with Crippen molar-refractivity contribution in [1.82, 2.24) is 25.2 Å². The van der Waals surface area contributed by atoms with Gasteiger partial charge in [0.25, 0.3) is 0 Å². The van der Waals surface area contributed by atoms with Gasteiger partial charge in [0.05, 0.1) is 63.4 Å². The van der Waals surface area contributed by atoms with Crippen LogP contribution in [0, 0.1) is 0 Å². The lowest BCUT2D eigenvalue weighted by atomic mass is 10.3. The van der Waals surface area contributed by atoms with E-state index < -0.39 is 10.6 Å². The monoisotopic (exact) mass is 461 g/mol. The standard InChI is InChI=1S/C19H35N5O6S/c1-17(2)19(25)20-3-7-28-9-11-30-12-10-29-8-4-24-16-18(21-22-24)15-23-5-13-31(26,27)14-6-23/h16,26-27H,1,3-15H2,2H3,(H,20,25). The molecule has 1 fully saturated rings. The molecular formula is C19H35N5O6S. The highest BCUT2D eigenvalue weighted by molar-refractivity contribution is 8.24. The lowest BCUT2D eigenvalue weighted by Crippen LogP contribution is -2.37. The summed E-state index contributed by atoms with van der Waals surface area (Å²) in [5, 5.41) is 11.0.